The van der Waals surface area contributed by atoms with E-state index >= 15 is 0 Å². The quantitative estimate of drug-likeness (QED) is 0.115. The first-order chi connectivity index (χ1) is 32.9. The average Bonchev–Trinajstić information content (AvgIpc) is 3.59. The lowest BCUT2D eigenvalue weighted by atomic mass is 9.54. The third kappa shape index (κ3) is 6.30. The van der Waals surface area contributed by atoms with Gasteiger partial charge in [-0.1, -0.05) is 212 Å². The molecule has 8 aromatic rings. The first-order valence-electron chi connectivity index (χ1n) is 25.3. The maximum absolute atomic E-state index is 4.24. The van der Waals surface area contributed by atoms with E-state index in [1.165, 1.54) is 132 Å². The minimum Gasteiger partial charge on any atom is -0.354 e. The molecule has 68 heavy (non-hydrogen) atoms. The lowest BCUT2D eigenvalue weighted by molar-refractivity contribution is 0.332. The van der Waals surface area contributed by atoms with Crippen molar-refractivity contribution in [1.82, 2.24) is 0 Å². The Morgan fingerprint density at radius 1 is 0.515 bits per heavy atom. The smallest absolute Gasteiger partial charge is 0.197 e. The van der Waals surface area contributed by atoms with Crippen molar-refractivity contribution in [1.29, 1.82) is 0 Å². The van der Waals surface area contributed by atoms with E-state index in [4.69, 9.17) is 0 Å². The Balaban J connectivity index is 1.13. The summed E-state index contributed by atoms with van der Waals surface area (Å²) in [5, 5.41) is 4.24. The number of fused-ring (bicyclic) bond motifs is 8. The largest absolute Gasteiger partial charge is 0.354 e. The van der Waals surface area contributed by atoms with Gasteiger partial charge in [-0.05, 0) is 127 Å². The van der Waals surface area contributed by atoms with E-state index in [1.54, 1.807) is 0 Å². The van der Waals surface area contributed by atoms with Crippen molar-refractivity contribution in [2.75, 3.05) is 10.2 Å². The monoisotopic (exact) mass is 882 g/mol. The van der Waals surface area contributed by atoms with Gasteiger partial charge >= 0.3 is 0 Å². The fourth-order valence-electron chi connectivity index (χ4n) is 13.0. The summed E-state index contributed by atoms with van der Waals surface area (Å²) >= 11 is 0. The summed E-state index contributed by atoms with van der Waals surface area (Å²) in [7, 11) is 2.52. The number of benzene rings is 8. The molecule has 0 spiro atoms. The summed E-state index contributed by atoms with van der Waals surface area (Å²) in [6, 6.07) is 65.1. The van der Waals surface area contributed by atoms with Crippen LogP contribution >= 0.6 is 0 Å². The highest BCUT2D eigenvalue weighted by molar-refractivity contribution is 6.73. The van der Waals surface area contributed by atoms with Gasteiger partial charge < -0.3 is 10.2 Å². The van der Waals surface area contributed by atoms with Crippen molar-refractivity contribution in [3.05, 3.63) is 220 Å². The molecular formula is C65H62BN2. The van der Waals surface area contributed by atoms with Gasteiger partial charge in [0.25, 0.3) is 0 Å². The predicted octanol–water partition coefficient (Wildman–Crippen LogP) is 15.6. The molecule has 0 saturated carbocycles. The minimum atomic E-state index is -0.524. The Labute approximate surface area is 405 Å². The molecule has 1 radical (unpaired) electrons. The van der Waals surface area contributed by atoms with Crippen LogP contribution in [0.1, 0.15) is 131 Å². The number of para-hydroxylation sites is 2. The number of nitrogens with zero attached hydrogens (tertiary/aromatic N) is 1. The van der Waals surface area contributed by atoms with E-state index in [-0.39, 0.29) is 16.2 Å². The van der Waals surface area contributed by atoms with Crippen molar-refractivity contribution in [3.8, 4) is 22.3 Å². The highest BCUT2D eigenvalue weighted by Crippen LogP contribution is 2.59. The van der Waals surface area contributed by atoms with Crippen molar-refractivity contribution in [2.24, 2.45) is 0 Å². The molecule has 12 rings (SSSR count). The molecule has 1 N–H and O–H groups in total. The Morgan fingerprint density at radius 2 is 1.16 bits per heavy atom. The van der Waals surface area contributed by atoms with Crippen molar-refractivity contribution in [2.45, 2.75) is 109 Å². The number of unbranched alkanes of at least 4 members (excludes halogenated alkanes) is 2. The maximum atomic E-state index is 4.24. The molecule has 0 unspecified atom stereocenters. The van der Waals surface area contributed by atoms with Gasteiger partial charge in [0.1, 0.15) is 0 Å². The van der Waals surface area contributed by atoms with Crippen LogP contribution in [0.3, 0.4) is 0 Å². The van der Waals surface area contributed by atoms with Crippen LogP contribution in [0.25, 0.3) is 22.3 Å². The van der Waals surface area contributed by atoms with Crippen molar-refractivity contribution < 1.29 is 0 Å². The molecule has 2 nitrogen and oxygen atoms in total. The summed E-state index contributed by atoms with van der Waals surface area (Å²) in [4.78, 5) is 2.64. The predicted molar refractivity (Wildman–Crippen MR) is 289 cm³/mol. The Kier molecular flexibility index (Phi) is 9.90. The fourth-order valence-corrected chi connectivity index (χ4v) is 13.0. The molecule has 2 heterocycles. The molecule has 2 aliphatic heterocycles. The summed E-state index contributed by atoms with van der Waals surface area (Å²) in [5.41, 5.74) is 25.6. The van der Waals surface area contributed by atoms with E-state index < -0.39 is 5.41 Å². The van der Waals surface area contributed by atoms with Crippen molar-refractivity contribution >= 4 is 46.6 Å². The molecule has 0 aromatic heterocycles. The van der Waals surface area contributed by atoms with Gasteiger partial charge in [0, 0.05) is 33.6 Å². The standard InChI is InChI=1S/C65H62BN2/c1-8-9-12-22-42-39-48(46-34-36-52-58(47-27-17-18-28-49(47)64(52,6)7)60(46)67-45-33-35-50-54(41-45)63(4,5)38-37-62(50,2)3)59-57(40-42)68-56-32-20-19-29-51(56)65(43-23-13-10-14-24-43,44-25-15-11-16-26-44)53-30-21-31-55(66-59)61(53)68/h10-11,13-21,23-36,39-41,67H,8-9,12,22,37-38H2,1-7H3. The van der Waals surface area contributed by atoms with Crippen LogP contribution < -0.4 is 21.1 Å². The van der Waals surface area contributed by atoms with Gasteiger partial charge in [-0.2, -0.15) is 0 Å². The first kappa shape index (κ1) is 42.8. The molecule has 0 amide bonds. The van der Waals surface area contributed by atoms with Gasteiger partial charge in [-0.25, -0.2) is 0 Å². The summed E-state index contributed by atoms with van der Waals surface area (Å²) in [6.07, 6.45) is 6.94. The first-order valence-corrected chi connectivity index (χ1v) is 25.3. The third-order valence-corrected chi connectivity index (χ3v) is 16.6. The maximum Gasteiger partial charge on any atom is 0.197 e. The van der Waals surface area contributed by atoms with Crippen LogP contribution in [-0.4, -0.2) is 7.28 Å². The van der Waals surface area contributed by atoms with Gasteiger partial charge in [0.2, 0.25) is 0 Å². The van der Waals surface area contributed by atoms with E-state index in [2.05, 4.69) is 236 Å². The molecule has 4 aliphatic rings. The number of nitrogens with one attached hydrogen (secondary N) is 1. The van der Waals surface area contributed by atoms with Crippen LogP contribution in [0.5, 0.6) is 0 Å². The van der Waals surface area contributed by atoms with Crippen LogP contribution in [0.4, 0.5) is 28.4 Å². The second kappa shape index (κ2) is 15.7. The summed E-state index contributed by atoms with van der Waals surface area (Å²) in [5.74, 6) is 0. The van der Waals surface area contributed by atoms with Gasteiger partial charge in [-0.3, -0.25) is 0 Å². The summed E-state index contributed by atoms with van der Waals surface area (Å²) in [6.45, 7) is 16.8. The molecule has 0 fully saturated rings. The zero-order chi connectivity index (χ0) is 46.6. The Hall–Kier alpha value is -6.58. The Bertz CT molecular complexity index is 3240. The molecular weight excluding hydrogens is 820 g/mol. The number of hydrogen-bond acceptors (Lipinski definition) is 2. The molecule has 8 aromatic carbocycles. The zero-order valence-corrected chi connectivity index (χ0v) is 40.9. The molecule has 0 atom stereocenters. The normalized spacial score (nSPS) is 16.8. The number of rotatable bonds is 9. The fraction of sp³-hybridized carbons (Fsp3) is 0.262. The molecule has 335 valence electrons. The highest BCUT2D eigenvalue weighted by Gasteiger charge is 2.49. The van der Waals surface area contributed by atoms with Gasteiger partial charge in [-0.15, -0.1) is 0 Å². The van der Waals surface area contributed by atoms with E-state index in [0.29, 0.717) is 0 Å². The molecule has 3 heteroatoms. The lowest BCUT2D eigenvalue weighted by Crippen LogP contribution is -2.47. The van der Waals surface area contributed by atoms with Crippen LogP contribution in [0, 0.1) is 0 Å². The minimum absolute atomic E-state index is 0.0923. The summed E-state index contributed by atoms with van der Waals surface area (Å²) < 4.78 is 0. The van der Waals surface area contributed by atoms with Crippen LogP contribution in [-0.2, 0) is 28.1 Å². The zero-order valence-electron chi connectivity index (χ0n) is 40.9. The number of hydrogen-bond donors (Lipinski definition) is 1. The molecule has 2 aliphatic carbocycles. The van der Waals surface area contributed by atoms with E-state index in [9.17, 15) is 0 Å². The number of aryl methyl sites for hydroxylation is 1. The van der Waals surface area contributed by atoms with E-state index in [1.807, 2.05) is 0 Å². The second-order valence-electron chi connectivity index (χ2n) is 22.0. The van der Waals surface area contributed by atoms with E-state index in [0.717, 1.165) is 18.5 Å². The highest BCUT2D eigenvalue weighted by atomic mass is 15.2. The number of anilines is 5. The lowest BCUT2D eigenvalue weighted by Gasteiger charge is -2.49. The average molecular weight is 882 g/mol. The molecule has 0 saturated heterocycles. The topological polar surface area (TPSA) is 15.3 Å². The molecule has 0 bridgehead atoms. The van der Waals surface area contributed by atoms with Crippen LogP contribution in [0.2, 0.25) is 0 Å². The van der Waals surface area contributed by atoms with Crippen LogP contribution in [0.15, 0.2) is 170 Å². The van der Waals surface area contributed by atoms with Crippen molar-refractivity contribution in [3.63, 3.8) is 0 Å². The third-order valence-electron chi connectivity index (χ3n) is 16.6. The Morgan fingerprint density at radius 3 is 1.90 bits per heavy atom. The second-order valence-corrected chi connectivity index (χ2v) is 22.0. The SMILES string of the molecule is CCCCCc1cc(-c2ccc3c(c2Nc2ccc4c(c2)C(C)(C)CCC4(C)C)-c2ccccc2C3(C)C)c2c(c1)N1c3ccccc3C(c3ccccc3)(c3ccccc3)c3cccc(c31)[B]2. The van der Waals surface area contributed by atoms with Gasteiger partial charge in [0.15, 0.2) is 7.28 Å². The van der Waals surface area contributed by atoms with Gasteiger partial charge in [0.05, 0.1) is 16.8 Å².